The lowest BCUT2D eigenvalue weighted by Crippen LogP contribution is -2.51. The summed E-state index contributed by atoms with van der Waals surface area (Å²) >= 11 is 0. The number of esters is 1. The van der Waals surface area contributed by atoms with Crippen molar-refractivity contribution in [3.05, 3.63) is 101 Å². The Bertz CT molecular complexity index is 1860. The van der Waals surface area contributed by atoms with Gasteiger partial charge >= 0.3 is 5.97 Å². The molecule has 1 fully saturated rings. The fourth-order valence-electron chi connectivity index (χ4n) is 5.24. The lowest BCUT2D eigenvalue weighted by atomic mass is 9.99. The normalized spacial score (nSPS) is 14.2. The minimum Gasteiger partial charge on any atom is -0.485 e. The monoisotopic (exact) mass is 639 g/mol. The number of amidine groups is 1. The number of ether oxygens (including phenoxy) is 4. The molecule has 0 radical (unpaired) electrons. The molecule has 0 amide bonds. The number of nitrogens with zero attached hydrogens (tertiary/aromatic N) is 5. The molecule has 6 rings (SSSR count). The van der Waals surface area contributed by atoms with Crippen LogP contribution in [0.3, 0.4) is 0 Å². The quantitative estimate of drug-likeness (QED) is 0.180. The van der Waals surface area contributed by atoms with Crippen molar-refractivity contribution in [2.24, 2.45) is 10.9 Å². The van der Waals surface area contributed by atoms with E-state index in [4.69, 9.17) is 18.9 Å². The van der Waals surface area contributed by atoms with Crippen molar-refractivity contribution < 1.29 is 32.5 Å². The third-order valence-corrected chi connectivity index (χ3v) is 7.69. The van der Waals surface area contributed by atoms with Crippen LogP contribution in [0.5, 0.6) is 29.0 Å². The number of likely N-dealkylation sites (N-methyl/N-ethyl adjacent to an activating group) is 1. The van der Waals surface area contributed by atoms with Crippen LogP contribution in [-0.4, -0.2) is 61.5 Å². The Morgan fingerprint density at radius 2 is 1.74 bits per heavy atom. The fraction of sp³-hybridized carbons (Fsp3) is 0.257. The molecule has 12 heteroatoms. The SMILES string of the molecule is CCOC(=O)C1CN(c2c(F)c(Oc3cccc(C4=NCCN4C)c3)nc(Oc3cc(C#N)ccc3OCc3ccccc3)c2F)C1. The standard InChI is InChI=1S/C35H31F2N5O5/c1-3-44-35(43)25-19-42(20-25)31-29(36)33(46-26-11-7-10-24(17-26)32-39-14-15-41(32)2)40-34(30(31)37)47-28-16-23(18-38)12-13-27(28)45-21-22-8-5-4-6-9-22/h4-13,16-17,25H,3,14-15,19-21H2,1-2H3. The van der Waals surface area contributed by atoms with E-state index in [0.717, 1.165) is 23.5 Å². The zero-order valence-electron chi connectivity index (χ0n) is 25.8. The molecular formula is C35H31F2N5O5. The first-order chi connectivity index (χ1) is 22.8. The molecule has 0 unspecified atom stereocenters. The van der Waals surface area contributed by atoms with Gasteiger partial charge in [0.2, 0.25) is 11.6 Å². The van der Waals surface area contributed by atoms with Crippen LogP contribution < -0.4 is 19.1 Å². The summed E-state index contributed by atoms with van der Waals surface area (Å²) in [5.74, 6) is -3.11. The largest absolute Gasteiger partial charge is 0.485 e. The lowest BCUT2D eigenvalue weighted by molar-refractivity contribution is -0.148. The number of carbonyl (C=O) groups is 1. The summed E-state index contributed by atoms with van der Waals surface area (Å²) in [5.41, 5.74) is 1.39. The number of benzene rings is 3. The van der Waals surface area contributed by atoms with E-state index < -0.39 is 41.0 Å². The van der Waals surface area contributed by atoms with E-state index in [1.807, 2.05) is 54.4 Å². The van der Waals surface area contributed by atoms with E-state index in [1.54, 1.807) is 25.1 Å². The third-order valence-electron chi connectivity index (χ3n) is 7.69. The van der Waals surface area contributed by atoms with Gasteiger partial charge in [0.05, 0.1) is 30.7 Å². The van der Waals surface area contributed by atoms with Crippen molar-refractivity contribution in [3.63, 3.8) is 0 Å². The van der Waals surface area contributed by atoms with Gasteiger partial charge in [0.25, 0.3) is 11.8 Å². The van der Waals surface area contributed by atoms with Gasteiger partial charge in [-0.2, -0.15) is 19.0 Å². The van der Waals surface area contributed by atoms with Crippen LogP contribution in [0.4, 0.5) is 14.5 Å². The first-order valence-electron chi connectivity index (χ1n) is 15.1. The van der Waals surface area contributed by atoms with Crippen molar-refractivity contribution in [1.29, 1.82) is 5.26 Å². The van der Waals surface area contributed by atoms with E-state index in [9.17, 15) is 10.1 Å². The predicted octanol–water partition coefficient (Wildman–Crippen LogP) is 6.09. The molecule has 0 spiro atoms. The summed E-state index contributed by atoms with van der Waals surface area (Å²) in [6.07, 6.45) is 0. The van der Waals surface area contributed by atoms with Gasteiger partial charge in [0.1, 0.15) is 23.9 Å². The number of hydrogen-bond donors (Lipinski definition) is 0. The number of pyridine rings is 1. The Balaban J connectivity index is 1.36. The number of rotatable bonds is 11. The van der Waals surface area contributed by atoms with Crippen LogP contribution in [0.15, 0.2) is 77.8 Å². The highest BCUT2D eigenvalue weighted by Gasteiger charge is 2.39. The van der Waals surface area contributed by atoms with Crippen molar-refractivity contribution in [1.82, 2.24) is 9.88 Å². The highest BCUT2D eigenvalue weighted by atomic mass is 19.1. The van der Waals surface area contributed by atoms with Gasteiger partial charge in [-0.15, -0.1) is 0 Å². The van der Waals surface area contributed by atoms with Crippen LogP contribution in [0.1, 0.15) is 23.6 Å². The molecule has 0 aliphatic carbocycles. The van der Waals surface area contributed by atoms with Crippen molar-refractivity contribution in [2.45, 2.75) is 13.5 Å². The number of anilines is 1. The zero-order valence-corrected chi connectivity index (χ0v) is 25.8. The summed E-state index contributed by atoms with van der Waals surface area (Å²) in [6, 6.07) is 22.8. The number of aromatic nitrogens is 1. The molecule has 0 saturated carbocycles. The van der Waals surface area contributed by atoms with Gasteiger partial charge in [0, 0.05) is 38.3 Å². The van der Waals surface area contributed by atoms with E-state index in [1.165, 1.54) is 23.1 Å². The van der Waals surface area contributed by atoms with Crippen molar-refractivity contribution >= 4 is 17.5 Å². The number of halogens is 2. The number of nitriles is 1. The van der Waals surface area contributed by atoms with Crippen LogP contribution in [0, 0.1) is 28.9 Å². The minimum atomic E-state index is -1.11. The van der Waals surface area contributed by atoms with Crippen molar-refractivity contribution in [2.75, 3.05) is 44.7 Å². The van der Waals surface area contributed by atoms with Crippen LogP contribution in [0.2, 0.25) is 0 Å². The smallest absolute Gasteiger partial charge is 0.312 e. The molecule has 0 atom stereocenters. The number of aliphatic imine (C=N–C) groups is 1. The number of hydrogen-bond acceptors (Lipinski definition) is 10. The predicted molar refractivity (Wildman–Crippen MR) is 169 cm³/mol. The molecule has 3 aromatic carbocycles. The molecule has 3 heterocycles. The van der Waals surface area contributed by atoms with Crippen LogP contribution in [0.25, 0.3) is 0 Å². The Morgan fingerprint density at radius 1 is 0.979 bits per heavy atom. The minimum absolute atomic E-state index is 0.00724. The van der Waals surface area contributed by atoms with Gasteiger partial charge in [-0.25, -0.2) is 0 Å². The number of carbonyl (C=O) groups excluding carboxylic acids is 1. The van der Waals surface area contributed by atoms with Crippen LogP contribution >= 0.6 is 0 Å². The van der Waals surface area contributed by atoms with E-state index in [-0.39, 0.29) is 49.1 Å². The van der Waals surface area contributed by atoms with Crippen LogP contribution in [-0.2, 0) is 16.1 Å². The molecule has 4 aromatic rings. The van der Waals surface area contributed by atoms with Gasteiger partial charge < -0.3 is 28.7 Å². The Labute approximate surface area is 270 Å². The molecule has 10 nitrogen and oxygen atoms in total. The highest BCUT2D eigenvalue weighted by molar-refractivity contribution is 5.99. The molecule has 240 valence electrons. The molecular weight excluding hydrogens is 608 g/mol. The summed E-state index contributed by atoms with van der Waals surface area (Å²) in [5, 5.41) is 9.55. The fourth-order valence-corrected chi connectivity index (χ4v) is 5.24. The topological polar surface area (TPSA) is 110 Å². The average molecular weight is 640 g/mol. The first kappa shape index (κ1) is 31.3. The first-order valence-corrected chi connectivity index (χ1v) is 15.1. The Hall–Kier alpha value is -5.70. The summed E-state index contributed by atoms with van der Waals surface area (Å²) in [6.45, 7) is 3.52. The second kappa shape index (κ2) is 13.7. The summed E-state index contributed by atoms with van der Waals surface area (Å²) in [7, 11) is 1.92. The van der Waals surface area contributed by atoms with E-state index in [0.29, 0.717) is 6.54 Å². The van der Waals surface area contributed by atoms with Gasteiger partial charge in [-0.1, -0.05) is 42.5 Å². The molecule has 1 aromatic heterocycles. The molecule has 0 N–H and O–H groups in total. The molecule has 47 heavy (non-hydrogen) atoms. The van der Waals surface area contributed by atoms with E-state index >= 15 is 8.78 Å². The van der Waals surface area contributed by atoms with Gasteiger partial charge in [-0.3, -0.25) is 9.79 Å². The van der Waals surface area contributed by atoms with Gasteiger partial charge in [-0.05, 0) is 36.8 Å². The van der Waals surface area contributed by atoms with E-state index in [2.05, 4.69) is 9.98 Å². The van der Waals surface area contributed by atoms with Gasteiger partial charge in [0.15, 0.2) is 11.5 Å². The summed E-state index contributed by atoms with van der Waals surface area (Å²) < 4.78 is 55.2. The maximum atomic E-state index is 16.2. The maximum Gasteiger partial charge on any atom is 0.312 e. The average Bonchev–Trinajstić information content (AvgIpc) is 3.50. The molecule has 1 saturated heterocycles. The second-order valence-electron chi connectivity index (χ2n) is 11.0. The maximum absolute atomic E-state index is 16.2. The summed E-state index contributed by atoms with van der Waals surface area (Å²) in [4.78, 5) is 24.3. The molecule has 2 aliphatic heterocycles. The Kier molecular flexibility index (Phi) is 9.15. The third kappa shape index (κ3) is 6.79. The lowest BCUT2D eigenvalue weighted by Gasteiger charge is -2.39. The van der Waals surface area contributed by atoms with Crippen molar-refractivity contribution in [3.8, 4) is 35.1 Å². The Morgan fingerprint density at radius 3 is 2.45 bits per heavy atom. The molecule has 0 bridgehead atoms. The molecule has 2 aliphatic rings. The zero-order chi connectivity index (χ0) is 32.9. The second-order valence-corrected chi connectivity index (χ2v) is 11.0. The highest BCUT2D eigenvalue weighted by Crippen LogP contribution is 2.42.